The summed E-state index contributed by atoms with van der Waals surface area (Å²) in [6, 6.07) is 12.1. The van der Waals surface area contributed by atoms with E-state index in [1.807, 2.05) is 18.2 Å². The fourth-order valence-corrected chi connectivity index (χ4v) is 4.30. The lowest BCUT2D eigenvalue weighted by atomic mass is 10.3. The maximum absolute atomic E-state index is 12.4. The molecule has 2 aromatic carbocycles. The highest BCUT2D eigenvalue weighted by Gasteiger charge is 2.14. The second-order valence-corrected chi connectivity index (χ2v) is 9.92. The summed E-state index contributed by atoms with van der Waals surface area (Å²) in [5.74, 6) is 2.29. The summed E-state index contributed by atoms with van der Waals surface area (Å²) in [6.07, 6.45) is 1.80. The van der Waals surface area contributed by atoms with Crippen molar-refractivity contribution in [2.24, 2.45) is 0 Å². The minimum atomic E-state index is -3.27. The first-order chi connectivity index (χ1) is 14.3. The Labute approximate surface area is 181 Å². The molecule has 1 aliphatic rings. The number of thioether (sulfide) groups is 1. The van der Waals surface area contributed by atoms with Gasteiger partial charge in [0.25, 0.3) is 0 Å². The standard InChI is InChI=1S/C21H25NO6S2/c1-22(9-4-10-26-16-5-3-6-18(13-16)30(2,24)25)21(23)15-29-17-7-8-19-20(14-17)28-12-11-27-19/h3,5-8,13-14H,4,9-12,15H2,1-2H3. The van der Waals surface area contributed by atoms with E-state index in [0.717, 1.165) is 16.9 Å². The van der Waals surface area contributed by atoms with Gasteiger partial charge in [-0.1, -0.05) is 6.07 Å². The van der Waals surface area contributed by atoms with Crippen LogP contribution in [-0.4, -0.2) is 64.6 Å². The molecular formula is C21H25NO6S2. The SMILES string of the molecule is CN(CCCOc1cccc(S(C)(=O)=O)c1)C(=O)CSc1ccc2c(c1)OCCO2. The molecule has 0 fully saturated rings. The van der Waals surface area contributed by atoms with Crippen molar-refractivity contribution in [2.75, 3.05) is 45.4 Å². The quantitative estimate of drug-likeness (QED) is 0.428. The van der Waals surface area contributed by atoms with Gasteiger partial charge >= 0.3 is 0 Å². The van der Waals surface area contributed by atoms with Gasteiger partial charge in [0.1, 0.15) is 19.0 Å². The first-order valence-electron chi connectivity index (χ1n) is 9.52. The molecule has 0 radical (unpaired) electrons. The highest BCUT2D eigenvalue weighted by Crippen LogP contribution is 2.34. The first kappa shape index (κ1) is 22.3. The van der Waals surface area contributed by atoms with Crippen molar-refractivity contribution in [3.05, 3.63) is 42.5 Å². The van der Waals surface area contributed by atoms with Crippen LogP contribution < -0.4 is 14.2 Å². The van der Waals surface area contributed by atoms with E-state index in [1.165, 1.54) is 23.9 Å². The van der Waals surface area contributed by atoms with E-state index in [0.29, 0.717) is 50.0 Å². The third-order valence-electron chi connectivity index (χ3n) is 4.44. The molecule has 0 spiro atoms. The Morgan fingerprint density at radius 2 is 1.90 bits per heavy atom. The Hall–Kier alpha value is -2.39. The molecule has 1 heterocycles. The van der Waals surface area contributed by atoms with Gasteiger partial charge in [0.15, 0.2) is 21.3 Å². The summed E-state index contributed by atoms with van der Waals surface area (Å²) in [4.78, 5) is 15.2. The number of fused-ring (bicyclic) bond motifs is 1. The third-order valence-corrected chi connectivity index (χ3v) is 6.53. The Morgan fingerprint density at radius 1 is 1.13 bits per heavy atom. The molecule has 2 aromatic rings. The van der Waals surface area contributed by atoms with Gasteiger partial charge in [0, 0.05) is 24.7 Å². The van der Waals surface area contributed by atoms with Crippen LogP contribution in [0.5, 0.6) is 17.2 Å². The zero-order valence-electron chi connectivity index (χ0n) is 17.0. The van der Waals surface area contributed by atoms with Crippen LogP contribution in [0.2, 0.25) is 0 Å². The van der Waals surface area contributed by atoms with Gasteiger partial charge in [-0.05, 0) is 42.8 Å². The summed E-state index contributed by atoms with van der Waals surface area (Å²) >= 11 is 1.45. The van der Waals surface area contributed by atoms with Crippen molar-refractivity contribution < 1.29 is 27.4 Å². The van der Waals surface area contributed by atoms with Crippen LogP contribution in [0.25, 0.3) is 0 Å². The fraction of sp³-hybridized carbons (Fsp3) is 0.381. The first-order valence-corrected chi connectivity index (χ1v) is 12.4. The van der Waals surface area contributed by atoms with Crippen LogP contribution >= 0.6 is 11.8 Å². The van der Waals surface area contributed by atoms with Gasteiger partial charge < -0.3 is 19.1 Å². The van der Waals surface area contributed by atoms with E-state index >= 15 is 0 Å². The number of sulfone groups is 1. The third kappa shape index (κ3) is 6.30. The normalized spacial score (nSPS) is 13.0. The zero-order chi connectivity index (χ0) is 21.6. The van der Waals surface area contributed by atoms with E-state index in [4.69, 9.17) is 14.2 Å². The number of rotatable bonds is 9. The Balaban J connectivity index is 1.40. The fourth-order valence-electron chi connectivity index (χ4n) is 2.78. The van der Waals surface area contributed by atoms with E-state index in [2.05, 4.69) is 0 Å². The minimum Gasteiger partial charge on any atom is -0.493 e. The Kier molecular flexibility index (Phi) is 7.49. The molecule has 1 aliphatic heterocycles. The summed E-state index contributed by atoms with van der Waals surface area (Å²) in [5, 5.41) is 0. The molecule has 7 nitrogen and oxygen atoms in total. The van der Waals surface area contributed by atoms with Crippen LogP contribution in [0.4, 0.5) is 0 Å². The lowest BCUT2D eigenvalue weighted by molar-refractivity contribution is -0.127. The molecular weight excluding hydrogens is 426 g/mol. The topological polar surface area (TPSA) is 82.1 Å². The van der Waals surface area contributed by atoms with Crippen molar-refractivity contribution in [1.29, 1.82) is 0 Å². The number of carbonyl (C=O) groups is 1. The van der Waals surface area contributed by atoms with Gasteiger partial charge in [0.05, 0.1) is 17.3 Å². The molecule has 0 unspecified atom stereocenters. The molecule has 0 aromatic heterocycles. The Morgan fingerprint density at radius 3 is 2.67 bits per heavy atom. The van der Waals surface area contributed by atoms with Crippen LogP contribution in [0, 0.1) is 0 Å². The molecule has 0 aliphatic carbocycles. The monoisotopic (exact) mass is 451 g/mol. The maximum atomic E-state index is 12.4. The number of amides is 1. The maximum Gasteiger partial charge on any atom is 0.232 e. The molecule has 9 heteroatoms. The van der Waals surface area contributed by atoms with E-state index < -0.39 is 9.84 Å². The highest BCUT2D eigenvalue weighted by molar-refractivity contribution is 8.00. The summed E-state index contributed by atoms with van der Waals surface area (Å²) in [6.45, 7) is 2.02. The number of carbonyl (C=O) groups excluding carboxylic acids is 1. The second kappa shape index (κ2) is 10.1. The van der Waals surface area contributed by atoms with E-state index in [1.54, 1.807) is 24.1 Å². The highest BCUT2D eigenvalue weighted by atomic mass is 32.2. The van der Waals surface area contributed by atoms with Gasteiger partial charge in [-0.2, -0.15) is 0 Å². The predicted octanol–water partition coefficient (Wildman–Crippen LogP) is 2.88. The molecule has 3 rings (SSSR count). The molecule has 0 saturated heterocycles. The van der Waals surface area contributed by atoms with Crippen molar-refractivity contribution in [3.8, 4) is 17.2 Å². The summed E-state index contributed by atoms with van der Waals surface area (Å²) in [5.41, 5.74) is 0. The largest absolute Gasteiger partial charge is 0.493 e. The van der Waals surface area contributed by atoms with Crippen LogP contribution in [0.1, 0.15) is 6.42 Å². The van der Waals surface area contributed by atoms with Crippen molar-refractivity contribution in [2.45, 2.75) is 16.2 Å². The van der Waals surface area contributed by atoms with Crippen molar-refractivity contribution in [1.82, 2.24) is 4.90 Å². The van der Waals surface area contributed by atoms with E-state index in [9.17, 15) is 13.2 Å². The Bertz CT molecular complexity index is 993. The summed E-state index contributed by atoms with van der Waals surface area (Å²) in [7, 11) is -1.50. The predicted molar refractivity (Wildman–Crippen MR) is 115 cm³/mol. The van der Waals surface area contributed by atoms with Crippen LogP contribution in [0.15, 0.2) is 52.3 Å². The number of hydrogen-bond acceptors (Lipinski definition) is 7. The molecule has 0 atom stereocenters. The lowest BCUT2D eigenvalue weighted by Gasteiger charge is -2.19. The molecule has 162 valence electrons. The van der Waals surface area contributed by atoms with Gasteiger partial charge in [-0.15, -0.1) is 11.8 Å². The van der Waals surface area contributed by atoms with Crippen LogP contribution in [0.3, 0.4) is 0 Å². The number of benzene rings is 2. The van der Waals surface area contributed by atoms with Crippen molar-refractivity contribution >= 4 is 27.5 Å². The van der Waals surface area contributed by atoms with Gasteiger partial charge in [-0.3, -0.25) is 4.79 Å². The van der Waals surface area contributed by atoms with E-state index in [-0.39, 0.29) is 10.8 Å². The van der Waals surface area contributed by atoms with Gasteiger partial charge in [0.2, 0.25) is 5.91 Å². The zero-order valence-corrected chi connectivity index (χ0v) is 18.6. The average molecular weight is 452 g/mol. The number of nitrogens with zero attached hydrogens (tertiary/aromatic N) is 1. The molecule has 1 amide bonds. The number of ether oxygens (including phenoxy) is 3. The molecule has 0 N–H and O–H groups in total. The minimum absolute atomic E-state index is 0.0222. The average Bonchev–Trinajstić information content (AvgIpc) is 2.74. The smallest absolute Gasteiger partial charge is 0.232 e. The summed E-state index contributed by atoms with van der Waals surface area (Å²) < 4.78 is 39.9. The second-order valence-electron chi connectivity index (χ2n) is 6.86. The molecule has 0 saturated carbocycles. The van der Waals surface area contributed by atoms with Crippen LogP contribution in [-0.2, 0) is 14.6 Å². The molecule has 30 heavy (non-hydrogen) atoms. The van der Waals surface area contributed by atoms with Crippen molar-refractivity contribution in [3.63, 3.8) is 0 Å². The lowest BCUT2D eigenvalue weighted by Crippen LogP contribution is -2.30. The van der Waals surface area contributed by atoms with Gasteiger partial charge in [-0.25, -0.2) is 8.42 Å². The number of hydrogen-bond donors (Lipinski definition) is 0. The molecule has 0 bridgehead atoms.